The fraction of sp³-hybridized carbons (Fsp3) is 0.125. The van der Waals surface area contributed by atoms with E-state index < -0.39 is 0 Å². The summed E-state index contributed by atoms with van der Waals surface area (Å²) < 4.78 is 0. The summed E-state index contributed by atoms with van der Waals surface area (Å²) in [5.41, 5.74) is 1.03. The molecule has 0 saturated heterocycles. The van der Waals surface area contributed by atoms with Crippen LogP contribution in [-0.4, -0.2) is 10.8 Å². The third-order valence-electron chi connectivity index (χ3n) is 1.40. The quantitative estimate of drug-likeness (QED) is 0.486. The van der Waals surface area contributed by atoms with Crippen LogP contribution in [0.5, 0.6) is 5.75 Å². The number of benzene rings is 1. The third-order valence-corrected chi connectivity index (χ3v) is 1.40. The summed E-state index contributed by atoms with van der Waals surface area (Å²) in [6, 6.07) is 6.42. The molecule has 0 saturated carbocycles. The van der Waals surface area contributed by atoms with Crippen molar-refractivity contribution in [3.05, 3.63) is 35.0 Å². The summed E-state index contributed by atoms with van der Waals surface area (Å²) >= 11 is 0. The summed E-state index contributed by atoms with van der Waals surface area (Å²) in [5.74, 6) is 0.144. The predicted molar refractivity (Wildman–Crippen MR) is 43.7 cm³/mol. The molecule has 0 aliphatic carbocycles. The Labute approximate surface area is 120 Å². The molecule has 0 amide bonds. The second kappa shape index (κ2) is 5.86. The number of hydrogen-bond acceptors (Lipinski definition) is 3. The smallest absolute Gasteiger partial charge is 0.792 e. The van der Waals surface area contributed by atoms with Gasteiger partial charge in [0.2, 0.25) is 0 Å². The number of hydrogen-bond donors (Lipinski definition) is 1. The van der Waals surface area contributed by atoms with Crippen molar-refractivity contribution >= 4 is 5.71 Å². The van der Waals surface area contributed by atoms with Crippen LogP contribution in [0.4, 0.5) is 0 Å². The molecule has 12 heavy (non-hydrogen) atoms. The first-order chi connectivity index (χ1) is 5.24. The number of phenols is 1. The number of phenolic OH excluding ortho intramolecular Hbond substituents is 1. The number of nitrogens with zero attached hydrogens (tertiary/aromatic N) is 1. The van der Waals surface area contributed by atoms with Gasteiger partial charge in [-0.2, -0.15) is 0 Å². The van der Waals surface area contributed by atoms with E-state index in [0.29, 0.717) is 11.3 Å². The molecule has 0 aromatic heterocycles. The molecule has 0 aliphatic heterocycles. The maximum atomic E-state index is 10.0. The standard InChI is InChI=1S/C8H9NO2.Rb/c1-6(9-11)7-3-2-4-8(10)5-7;/h2-5,10-11H,1H3;/q;+1/p-1/b9-6+;. The third kappa shape index (κ3) is 3.35. The van der Waals surface area contributed by atoms with Crippen LogP contribution < -0.4 is 58.2 Å². The summed E-state index contributed by atoms with van der Waals surface area (Å²) in [4.78, 5) is 0. The molecule has 0 unspecified atom stereocenters. The Bertz CT molecular complexity index is 286. The molecule has 0 fully saturated rings. The fourth-order valence-electron chi connectivity index (χ4n) is 0.784. The van der Waals surface area contributed by atoms with Gasteiger partial charge in [-0.15, -0.1) is 0 Å². The normalized spacial score (nSPS) is 10.6. The molecule has 1 N–H and O–H groups in total. The molecule has 0 spiro atoms. The predicted octanol–water partition coefficient (Wildman–Crippen LogP) is -1.30. The van der Waals surface area contributed by atoms with Crippen molar-refractivity contribution in [2.45, 2.75) is 6.92 Å². The molecule has 0 atom stereocenters. The first-order valence-electron chi connectivity index (χ1n) is 3.20. The van der Waals surface area contributed by atoms with Gasteiger partial charge in [-0.1, -0.05) is 12.1 Å². The van der Waals surface area contributed by atoms with Crippen molar-refractivity contribution < 1.29 is 63.3 Å². The van der Waals surface area contributed by atoms with E-state index >= 15 is 0 Å². The Morgan fingerprint density at radius 3 is 2.67 bits per heavy atom. The number of rotatable bonds is 1. The van der Waals surface area contributed by atoms with E-state index in [1.54, 1.807) is 25.1 Å². The van der Waals surface area contributed by atoms with E-state index in [4.69, 9.17) is 5.11 Å². The average Bonchev–Trinajstić information content (AvgIpc) is 2.03. The topological polar surface area (TPSA) is 55.7 Å². The monoisotopic (exact) mass is 235 g/mol. The summed E-state index contributed by atoms with van der Waals surface area (Å²) in [7, 11) is 0. The molecule has 58 valence electrons. The van der Waals surface area contributed by atoms with E-state index in [9.17, 15) is 5.21 Å². The molecule has 1 rings (SSSR count). The SMILES string of the molecule is C/C(=N\[O-])c1cccc(O)c1.[Rb+]. The van der Waals surface area contributed by atoms with Gasteiger partial charge >= 0.3 is 58.2 Å². The molecule has 0 heterocycles. The van der Waals surface area contributed by atoms with E-state index in [1.807, 2.05) is 0 Å². The largest absolute Gasteiger partial charge is 1.00 e. The van der Waals surface area contributed by atoms with E-state index in [0.717, 1.165) is 0 Å². The van der Waals surface area contributed by atoms with Crippen molar-refractivity contribution in [1.82, 2.24) is 0 Å². The van der Waals surface area contributed by atoms with E-state index in [1.165, 1.54) is 6.07 Å². The zero-order chi connectivity index (χ0) is 8.27. The molecule has 0 radical (unpaired) electrons. The van der Waals surface area contributed by atoms with Crippen LogP contribution >= 0.6 is 0 Å². The van der Waals surface area contributed by atoms with Gasteiger partial charge in [-0.25, -0.2) is 0 Å². The Balaban J connectivity index is 0.00000121. The Morgan fingerprint density at radius 2 is 2.17 bits per heavy atom. The first-order valence-corrected chi connectivity index (χ1v) is 3.20. The van der Waals surface area contributed by atoms with Gasteiger partial charge in [0.1, 0.15) is 5.75 Å². The molecule has 1 aromatic rings. The van der Waals surface area contributed by atoms with Gasteiger partial charge < -0.3 is 15.5 Å². The minimum Gasteiger partial charge on any atom is -0.792 e. The van der Waals surface area contributed by atoms with Crippen LogP contribution in [0, 0.1) is 5.21 Å². The summed E-state index contributed by atoms with van der Waals surface area (Å²) in [6.45, 7) is 1.60. The van der Waals surface area contributed by atoms with Gasteiger partial charge in [0.05, 0.1) is 0 Å². The summed E-state index contributed by atoms with van der Waals surface area (Å²) in [5, 5.41) is 21.8. The molecule has 4 heteroatoms. The van der Waals surface area contributed by atoms with E-state index in [2.05, 4.69) is 5.16 Å². The van der Waals surface area contributed by atoms with Gasteiger partial charge in [0, 0.05) is 5.71 Å². The van der Waals surface area contributed by atoms with Gasteiger partial charge in [-0.05, 0) is 24.6 Å². The van der Waals surface area contributed by atoms with Crippen LogP contribution in [0.2, 0.25) is 0 Å². The van der Waals surface area contributed by atoms with Gasteiger partial charge in [-0.3, -0.25) is 0 Å². The van der Waals surface area contributed by atoms with Gasteiger partial charge in [0.25, 0.3) is 0 Å². The second-order valence-corrected chi connectivity index (χ2v) is 2.23. The van der Waals surface area contributed by atoms with Crippen molar-refractivity contribution in [2.24, 2.45) is 5.16 Å². The van der Waals surface area contributed by atoms with Crippen LogP contribution in [0.25, 0.3) is 0 Å². The van der Waals surface area contributed by atoms with Gasteiger partial charge in [0.15, 0.2) is 0 Å². The van der Waals surface area contributed by atoms with Crippen LogP contribution in [-0.2, 0) is 0 Å². The Morgan fingerprint density at radius 1 is 1.50 bits per heavy atom. The van der Waals surface area contributed by atoms with E-state index in [-0.39, 0.29) is 63.9 Å². The maximum Gasteiger partial charge on any atom is 1.00 e. The Hall–Kier alpha value is 0.295. The molecule has 0 bridgehead atoms. The molecular formula is C8H8NO2Rb. The van der Waals surface area contributed by atoms with Crippen LogP contribution in [0.3, 0.4) is 0 Å². The number of aromatic hydroxyl groups is 1. The molecule has 1 aromatic carbocycles. The van der Waals surface area contributed by atoms with Crippen molar-refractivity contribution in [3.8, 4) is 5.75 Å². The maximum absolute atomic E-state index is 10.0. The minimum absolute atomic E-state index is 0. The summed E-state index contributed by atoms with van der Waals surface area (Å²) in [6.07, 6.45) is 0. The Kier molecular flexibility index (Phi) is 6.00. The van der Waals surface area contributed by atoms with Crippen molar-refractivity contribution in [2.75, 3.05) is 0 Å². The minimum atomic E-state index is 0. The fourth-order valence-corrected chi connectivity index (χ4v) is 0.784. The molecule has 3 nitrogen and oxygen atoms in total. The molecular weight excluding hydrogens is 228 g/mol. The molecule has 0 aliphatic rings. The second-order valence-electron chi connectivity index (χ2n) is 2.23. The van der Waals surface area contributed by atoms with Crippen LogP contribution in [0.1, 0.15) is 12.5 Å². The first kappa shape index (κ1) is 12.3. The zero-order valence-electron chi connectivity index (χ0n) is 7.11. The van der Waals surface area contributed by atoms with Crippen LogP contribution in [0.15, 0.2) is 29.4 Å². The van der Waals surface area contributed by atoms with Crippen molar-refractivity contribution in [3.63, 3.8) is 0 Å². The zero-order valence-corrected chi connectivity index (χ0v) is 12.0. The van der Waals surface area contributed by atoms with Crippen molar-refractivity contribution in [1.29, 1.82) is 0 Å². The average molecular weight is 236 g/mol.